The molecule has 196 valence electrons. The van der Waals surface area contributed by atoms with Gasteiger partial charge in [0.1, 0.15) is 17.8 Å². The topological polar surface area (TPSA) is 58.7 Å². The zero-order chi connectivity index (χ0) is 26.5. The summed E-state index contributed by atoms with van der Waals surface area (Å²) in [6.45, 7) is 15.2. The van der Waals surface area contributed by atoms with Crippen molar-refractivity contribution in [3.8, 4) is 23.0 Å². The van der Waals surface area contributed by atoms with Crippen LogP contribution >= 0.6 is 11.8 Å². The Morgan fingerprint density at radius 3 is 2.28 bits per heavy atom. The Morgan fingerprint density at radius 1 is 1.00 bits per heavy atom. The first-order chi connectivity index (χ1) is 16.9. The molecule has 1 N–H and O–H groups in total. The fourth-order valence-corrected chi connectivity index (χ4v) is 4.63. The molecule has 6 heteroatoms. The van der Waals surface area contributed by atoms with E-state index < -0.39 is 0 Å². The number of benzene rings is 2. The Kier molecular flexibility index (Phi) is 9.18. The van der Waals surface area contributed by atoms with Gasteiger partial charge in [0.25, 0.3) is 0 Å². The molecule has 0 amide bonds. The third-order valence-corrected chi connectivity index (χ3v) is 6.80. The van der Waals surface area contributed by atoms with Gasteiger partial charge in [-0.15, -0.1) is 0 Å². The maximum Gasteiger partial charge on any atom is 0.226 e. The van der Waals surface area contributed by atoms with Gasteiger partial charge in [0, 0.05) is 36.4 Å². The van der Waals surface area contributed by atoms with Crippen molar-refractivity contribution < 1.29 is 14.3 Å². The lowest BCUT2D eigenvalue weighted by Crippen LogP contribution is -2.20. The molecular weight excluding hydrogens is 468 g/mol. The Labute approximate surface area is 221 Å². The number of phenols is 1. The lowest BCUT2D eigenvalue weighted by molar-refractivity contribution is 0.319. The highest BCUT2D eigenvalue weighted by Gasteiger charge is 2.27. The summed E-state index contributed by atoms with van der Waals surface area (Å²) in [4.78, 5) is 7.11. The molecule has 0 aliphatic carbocycles. The fourth-order valence-electron chi connectivity index (χ4n) is 4.13. The molecule has 3 aromatic rings. The van der Waals surface area contributed by atoms with E-state index in [4.69, 9.17) is 14.1 Å². The highest BCUT2D eigenvalue weighted by atomic mass is 32.2. The van der Waals surface area contributed by atoms with Gasteiger partial charge < -0.3 is 19.2 Å². The van der Waals surface area contributed by atoms with Crippen LogP contribution in [0, 0.1) is 0 Å². The zero-order valence-electron chi connectivity index (χ0n) is 23.1. The summed E-state index contributed by atoms with van der Waals surface area (Å²) in [5.74, 6) is 2.89. The van der Waals surface area contributed by atoms with Crippen molar-refractivity contribution >= 4 is 11.8 Å². The van der Waals surface area contributed by atoms with Gasteiger partial charge in [-0.3, -0.25) is 0 Å². The monoisotopic (exact) mass is 510 g/mol. The third kappa shape index (κ3) is 7.53. The number of hydrogen-bond donors (Lipinski definition) is 1. The molecule has 0 atom stereocenters. The van der Waals surface area contributed by atoms with Gasteiger partial charge in [0.05, 0.1) is 12.3 Å². The zero-order valence-corrected chi connectivity index (χ0v) is 24.0. The molecule has 2 aromatic carbocycles. The number of hydrogen-bond acceptors (Lipinski definition) is 6. The minimum atomic E-state index is -0.196. The summed E-state index contributed by atoms with van der Waals surface area (Å²) in [5, 5.41) is 10.7. The average Bonchev–Trinajstić information content (AvgIpc) is 3.26. The van der Waals surface area contributed by atoms with E-state index in [0.29, 0.717) is 24.7 Å². The Balaban J connectivity index is 1.67. The van der Waals surface area contributed by atoms with E-state index in [1.165, 1.54) is 5.56 Å². The van der Waals surface area contributed by atoms with Crippen molar-refractivity contribution in [2.75, 3.05) is 32.2 Å². The van der Waals surface area contributed by atoms with E-state index in [1.54, 1.807) is 6.26 Å². The Hall–Kier alpha value is -2.44. The summed E-state index contributed by atoms with van der Waals surface area (Å²) in [6.07, 6.45) is 4.50. The number of nitrogens with zero attached hydrogens (tertiary/aromatic N) is 2. The number of rotatable bonds is 10. The maximum absolute atomic E-state index is 10.7. The van der Waals surface area contributed by atoms with Crippen LogP contribution in [0.2, 0.25) is 0 Å². The van der Waals surface area contributed by atoms with E-state index in [2.05, 4.69) is 71.9 Å². The number of ether oxygens (including phenoxy) is 1. The van der Waals surface area contributed by atoms with Gasteiger partial charge in [0.2, 0.25) is 5.89 Å². The average molecular weight is 511 g/mol. The van der Waals surface area contributed by atoms with Crippen LogP contribution in [0.3, 0.4) is 0 Å². The highest BCUT2D eigenvalue weighted by molar-refractivity contribution is 7.98. The van der Waals surface area contributed by atoms with Gasteiger partial charge in [-0.1, -0.05) is 53.7 Å². The molecule has 0 unspecified atom stereocenters. The first-order valence-electron chi connectivity index (χ1n) is 12.6. The van der Waals surface area contributed by atoms with Gasteiger partial charge in [-0.2, -0.15) is 11.8 Å². The van der Waals surface area contributed by atoms with E-state index in [0.717, 1.165) is 47.0 Å². The first-order valence-corrected chi connectivity index (χ1v) is 14.0. The van der Waals surface area contributed by atoms with Gasteiger partial charge >= 0.3 is 0 Å². The van der Waals surface area contributed by atoms with E-state index in [9.17, 15) is 5.11 Å². The normalized spacial score (nSPS) is 12.4. The molecule has 5 nitrogen and oxygen atoms in total. The smallest absolute Gasteiger partial charge is 0.226 e. The molecule has 0 bridgehead atoms. The van der Waals surface area contributed by atoms with Crippen LogP contribution in [-0.2, 0) is 23.8 Å². The summed E-state index contributed by atoms with van der Waals surface area (Å²) in [6, 6.07) is 12.2. The van der Waals surface area contributed by atoms with Crippen molar-refractivity contribution in [3.05, 3.63) is 65.0 Å². The van der Waals surface area contributed by atoms with Crippen molar-refractivity contribution in [3.63, 3.8) is 0 Å². The van der Waals surface area contributed by atoms with Crippen molar-refractivity contribution in [1.82, 2.24) is 9.88 Å². The summed E-state index contributed by atoms with van der Waals surface area (Å²) < 4.78 is 11.9. The van der Waals surface area contributed by atoms with Crippen molar-refractivity contribution in [1.29, 1.82) is 0 Å². The minimum absolute atomic E-state index is 0.170. The second-order valence-corrected chi connectivity index (χ2v) is 12.5. The summed E-state index contributed by atoms with van der Waals surface area (Å²) >= 11 is 1.87. The predicted molar refractivity (Wildman–Crippen MR) is 151 cm³/mol. The van der Waals surface area contributed by atoms with Crippen LogP contribution in [-0.4, -0.2) is 47.2 Å². The Bertz CT molecular complexity index is 1120. The standard InChI is InChI=1S/C30H42N2O3S/c1-29(2,3)25-18-27(33)26(30(4,5)6)17-24(25)28-31-22(20-35-28)13-15-34-23-11-9-21(10-12-23)19-32(7)14-16-36-8/h9-12,17-18,20,33H,13-16,19H2,1-8H3. The molecule has 0 aliphatic heterocycles. The third-order valence-electron chi connectivity index (χ3n) is 6.21. The van der Waals surface area contributed by atoms with Crippen LogP contribution in [0.4, 0.5) is 0 Å². The number of phenolic OH excluding ortho intramolecular Hbond substituents is 1. The quantitative estimate of drug-likeness (QED) is 0.315. The van der Waals surface area contributed by atoms with Crippen LogP contribution in [0.15, 0.2) is 47.1 Å². The molecule has 36 heavy (non-hydrogen) atoms. The van der Waals surface area contributed by atoms with E-state index in [1.807, 2.05) is 36.0 Å². The number of aromatic hydroxyl groups is 1. The first kappa shape index (κ1) is 28.1. The van der Waals surface area contributed by atoms with Gasteiger partial charge in [-0.25, -0.2) is 4.98 Å². The largest absolute Gasteiger partial charge is 0.508 e. The summed E-state index contributed by atoms with van der Waals surface area (Å²) in [5.41, 5.74) is 4.59. The van der Waals surface area contributed by atoms with Crippen LogP contribution in [0.25, 0.3) is 11.5 Å². The highest BCUT2D eigenvalue weighted by Crippen LogP contribution is 2.41. The van der Waals surface area contributed by atoms with Crippen molar-refractivity contribution in [2.24, 2.45) is 0 Å². The molecule has 1 heterocycles. The maximum atomic E-state index is 10.7. The Morgan fingerprint density at radius 2 is 1.67 bits per heavy atom. The molecule has 0 radical (unpaired) electrons. The number of aromatic nitrogens is 1. The van der Waals surface area contributed by atoms with Crippen LogP contribution < -0.4 is 4.74 Å². The second-order valence-electron chi connectivity index (χ2n) is 11.5. The molecule has 0 aliphatic rings. The molecule has 0 saturated heterocycles. The van der Waals surface area contributed by atoms with Gasteiger partial charge in [0.15, 0.2) is 0 Å². The van der Waals surface area contributed by atoms with Gasteiger partial charge in [-0.05, 0) is 59.5 Å². The molecule has 0 spiro atoms. The molecule has 1 aromatic heterocycles. The van der Waals surface area contributed by atoms with Crippen LogP contribution in [0.5, 0.6) is 11.5 Å². The molecule has 0 fully saturated rings. The second kappa shape index (κ2) is 11.7. The molecular formula is C30H42N2O3S. The SMILES string of the molecule is CSCCN(C)Cc1ccc(OCCc2coc(-c3cc(C(C)(C)C)c(O)cc3C(C)(C)C)n2)cc1. The van der Waals surface area contributed by atoms with Crippen molar-refractivity contribution in [2.45, 2.75) is 65.3 Å². The fraction of sp³-hybridized carbons (Fsp3) is 0.500. The molecule has 3 rings (SSSR count). The van der Waals surface area contributed by atoms with E-state index >= 15 is 0 Å². The van der Waals surface area contributed by atoms with Crippen LogP contribution in [0.1, 0.15) is 63.9 Å². The predicted octanol–water partition coefficient (Wildman–Crippen LogP) is 7.06. The van der Waals surface area contributed by atoms with E-state index in [-0.39, 0.29) is 10.8 Å². The number of oxazole rings is 1. The summed E-state index contributed by atoms with van der Waals surface area (Å²) in [7, 11) is 2.15. The minimum Gasteiger partial charge on any atom is -0.508 e. The molecule has 0 saturated carbocycles. The number of thioether (sulfide) groups is 1. The lowest BCUT2D eigenvalue weighted by Gasteiger charge is -2.27. The lowest BCUT2D eigenvalue weighted by atomic mass is 9.78.